The zero-order valence-corrected chi connectivity index (χ0v) is 28.7. The number of aryl methyl sites for hydroxylation is 1. The van der Waals surface area contributed by atoms with Crippen molar-refractivity contribution < 1.29 is 23.5 Å². The maximum absolute atomic E-state index is 16.2. The molecule has 4 aromatic rings. The molecule has 1 amide bonds. The van der Waals surface area contributed by atoms with Gasteiger partial charge < -0.3 is 24.2 Å². The lowest BCUT2D eigenvalue weighted by Crippen LogP contribution is -2.58. The number of anilines is 3. The minimum Gasteiger partial charge on any atom is -0.467 e. The molecule has 2 aliphatic rings. The number of methoxy groups -OCH3 is 1. The van der Waals surface area contributed by atoms with E-state index < -0.39 is 29.5 Å². The summed E-state index contributed by atoms with van der Waals surface area (Å²) in [5.41, 5.74) is 3.63. The highest BCUT2D eigenvalue weighted by atomic mass is 32.1. The van der Waals surface area contributed by atoms with Crippen molar-refractivity contribution in [3.8, 4) is 17.3 Å². The molecular formula is C35H38FN7O4S. The second kappa shape index (κ2) is 13.0. The van der Waals surface area contributed by atoms with E-state index in [1.165, 1.54) is 29.4 Å². The molecule has 250 valence electrons. The van der Waals surface area contributed by atoms with E-state index >= 15 is 4.39 Å². The molecule has 11 nitrogen and oxygen atoms in total. The Kier molecular flexibility index (Phi) is 8.96. The molecule has 2 fully saturated rings. The van der Waals surface area contributed by atoms with E-state index in [0.717, 1.165) is 29.8 Å². The number of ether oxygens (including phenoxy) is 2. The van der Waals surface area contributed by atoms with Crippen molar-refractivity contribution in [1.82, 2.24) is 19.9 Å². The molecule has 1 atom stereocenters. The molecule has 1 saturated heterocycles. The monoisotopic (exact) mass is 671 g/mol. The van der Waals surface area contributed by atoms with Crippen LogP contribution < -0.4 is 9.80 Å². The highest BCUT2D eigenvalue weighted by Gasteiger charge is 2.38. The smallest absolute Gasteiger partial charge is 0.410 e. The molecule has 13 heteroatoms. The molecule has 0 bridgehead atoms. The fourth-order valence-corrected chi connectivity index (χ4v) is 6.85. The van der Waals surface area contributed by atoms with Gasteiger partial charge in [0.05, 0.1) is 19.3 Å². The van der Waals surface area contributed by atoms with Crippen LogP contribution in [0.15, 0.2) is 36.5 Å². The zero-order chi connectivity index (χ0) is 34.3. The summed E-state index contributed by atoms with van der Waals surface area (Å²) in [4.78, 5) is 45.7. The first-order valence-corrected chi connectivity index (χ1v) is 16.8. The summed E-state index contributed by atoms with van der Waals surface area (Å²) in [7, 11) is 1.29. The van der Waals surface area contributed by atoms with Crippen LogP contribution in [0.3, 0.4) is 0 Å². The van der Waals surface area contributed by atoms with E-state index in [9.17, 15) is 14.9 Å². The Morgan fingerprint density at radius 2 is 1.94 bits per heavy atom. The zero-order valence-electron chi connectivity index (χ0n) is 27.9. The number of hydrogen-bond acceptors (Lipinski definition) is 11. The van der Waals surface area contributed by atoms with Crippen LogP contribution in [0, 0.1) is 24.1 Å². The highest BCUT2D eigenvalue weighted by Crippen LogP contribution is 2.45. The van der Waals surface area contributed by atoms with E-state index in [2.05, 4.69) is 11.1 Å². The minimum absolute atomic E-state index is 0.0146. The predicted molar refractivity (Wildman–Crippen MR) is 182 cm³/mol. The number of carbonyl (C=O) groups is 2. The normalized spacial score (nSPS) is 16.5. The van der Waals surface area contributed by atoms with Crippen LogP contribution in [0.5, 0.6) is 0 Å². The Hall–Kier alpha value is -4.83. The second-order valence-corrected chi connectivity index (χ2v) is 14.0. The number of nitrogens with zero attached hydrogens (tertiary/aromatic N) is 7. The van der Waals surface area contributed by atoms with E-state index in [1.54, 1.807) is 31.9 Å². The average molecular weight is 672 g/mol. The SMILES string of the molecule is CCN(c1nc(-c2ccc(C)nc2)c(C#N)s1)c1cc(C2CC2)nc2c(F)cc(N3CCN(C(=O)OC(C)(C)C)CC3C(=O)OC)cc12. The lowest BCUT2D eigenvalue weighted by atomic mass is 10.1. The molecule has 48 heavy (non-hydrogen) atoms. The summed E-state index contributed by atoms with van der Waals surface area (Å²) in [6, 6.07) is 10.4. The molecule has 1 aromatic carbocycles. The Morgan fingerprint density at radius 1 is 1.17 bits per heavy atom. The second-order valence-electron chi connectivity index (χ2n) is 13.0. The number of pyridine rings is 2. The summed E-state index contributed by atoms with van der Waals surface area (Å²) in [6.07, 6.45) is 3.14. The van der Waals surface area contributed by atoms with Crippen LogP contribution in [0.2, 0.25) is 0 Å². The summed E-state index contributed by atoms with van der Waals surface area (Å²) in [5, 5.41) is 11.2. The van der Waals surface area contributed by atoms with E-state index in [1.807, 2.05) is 43.0 Å². The number of esters is 1. The molecule has 4 heterocycles. The van der Waals surface area contributed by atoms with Crippen LogP contribution in [0.1, 0.15) is 62.7 Å². The number of fused-ring (bicyclic) bond motifs is 1. The summed E-state index contributed by atoms with van der Waals surface area (Å²) < 4.78 is 26.9. The van der Waals surface area contributed by atoms with Gasteiger partial charge in [-0.2, -0.15) is 5.26 Å². The molecule has 1 saturated carbocycles. The number of halogens is 1. The van der Waals surface area contributed by atoms with Crippen molar-refractivity contribution in [3.05, 3.63) is 58.6 Å². The van der Waals surface area contributed by atoms with Gasteiger partial charge >= 0.3 is 12.1 Å². The molecule has 6 rings (SSSR count). The first-order chi connectivity index (χ1) is 22.9. The van der Waals surface area contributed by atoms with Gasteiger partial charge in [-0.05, 0) is 77.8 Å². The average Bonchev–Trinajstić information content (AvgIpc) is 3.83. The lowest BCUT2D eigenvalue weighted by molar-refractivity contribution is -0.143. The molecule has 1 unspecified atom stereocenters. The van der Waals surface area contributed by atoms with Gasteiger partial charge in [-0.15, -0.1) is 0 Å². The van der Waals surface area contributed by atoms with E-state index in [0.29, 0.717) is 39.0 Å². The van der Waals surface area contributed by atoms with Crippen molar-refractivity contribution in [1.29, 1.82) is 5.26 Å². The van der Waals surface area contributed by atoms with Gasteiger partial charge in [0.2, 0.25) is 0 Å². The first kappa shape index (κ1) is 33.1. The van der Waals surface area contributed by atoms with Crippen LogP contribution >= 0.6 is 11.3 Å². The van der Waals surface area contributed by atoms with Crippen LogP contribution in [0.25, 0.3) is 22.2 Å². The van der Waals surface area contributed by atoms with Gasteiger partial charge in [-0.1, -0.05) is 11.3 Å². The van der Waals surface area contributed by atoms with Gasteiger partial charge in [-0.3, -0.25) is 4.98 Å². The molecule has 0 radical (unpaired) electrons. The number of rotatable bonds is 7. The van der Waals surface area contributed by atoms with Crippen molar-refractivity contribution >= 4 is 50.8 Å². The molecule has 1 aliphatic carbocycles. The summed E-state index contributed by atoms with van der Waals surface area (Å²) in [5.74, 6) is -0.828. The number of piperazine rings is 1. The van der Waals surface area contributed by atoms with Crippen molar-refractivity contribution in [2.45, 2.75) is 65.0 Å². The van der Waals surface area contributed by atoms with Gasteiger partial charge in [0, 0.05) is 59.8 Å². The van der Waals surface area contributed by atoms with Crippen molar-refractivity contribution in [2.75, 3.05) is 43.1 Å². The van der Waals surface area contributed by atoms with E-state index in [-0.39, 0.29) is 31.1 Å². The third kappa shape index (κ3) is 6.62. The molecule has 0 N–H and O–H groups in total. The number of nitriles is 1. The maximum atomic E-state index is 16.2. The first-order valence-electron chi connectivity index (χ1n) is 16.0. The Morgan fingerprint density at radius 3 is 2.56 bits per heavy atom. The van der Waals surface area contributed by atoms with Crippen LogP contribution in [-0.4, -0.2) is 76.8 Å². The van der Waals surface area contributed by atoms with Gasteiger partial charge in [0.1, 0.15) is 33.8 Å². The number of benzene rings is 1. The molecule has 1 aliphatic heterocycles. The summed E-state index contributed by atoms with van der Waals surface area (Å²) >= 11 is 1.27. The lowest BCUT2D eigenvalue weighted by Gasteiger charge is -2.41. The topological polar surface area (TPSA) is 125 Å². The number of carbonyl (C=O) groups excluding carboxylic acids is 2. The van der Waals surface area contributed by atoms with Crippen LogP contribution in [0.4, 0.5) is 25.7 Å². The van der Waals surface area contributed by atoms with Crippen LogP contribution in [-0.2, 0) is 14.3 Å². The quantitative estimate of drug-likeness (QED) is 0.196. The van der Waals surface area contributed by atoms with Gasteiger partial charge in [0.15, 0.2) is 10.9 Å². The molecule has 0 spiro atoms. The highest BCUT2D eigenvalue weighted by molar-refractivity contribution is 7.16. The maximum Gasteiger partial charge on any atom is 0.410 e. The number of thiazole rings is 1. The minimum atomic E-state index is -0.889. The Balaban J connectivity index is 1.44. The number of hydrogen-bond donors (Lipinski definition) is 0. The standard InChI is InChI=1S/C35H38FN7O4S/c1-7-42(33-40-30(29(17-37)48-33)22-9-8-20(2)38-18-22)27-16-26(21-10-11-21)39-31-24(27)14-23(15-25(31)36)43-13-12-41(19-28(43)32(44)46-6)34(45)47-35(3,4)5/h8-9,14-16,18,21,28H,7,10-13,19H2,1-6H3. The third-order valence-electron chi connectivity index (χ3n) is 8.42. The van der Waals surface area contributed by atoms with Gasteiger partial charge in [-0.25, -0.2) is 23.9 Å². The third-order valence-corrected chi connectivity index (χ3v) is 9.41. The fraction of sp³-hybridized carbons (Fsp3) is 0.429. The fourth-order valence-electron chi connectivity index (χ4n) is 5.88. The number of amides is 1. The van der Waals surface area contributed by atoms with Crippen molar-refractivity contribution in [2.24, 2.45) is 0 Å². The summed E-state index contributed by atoms with van der Waals surface area (Å²) in [6.45, 7) is 10.2. The van der Waals surface area contributed by atoms with Crippen molar-refractivity contribution in [3.63, 3.8) is 0 Å². The molecule has 3 aromatic heterocycles. The predicted octanol–water partition coefficient (Wildman–Crippen LogP) is 6.71. The number of aromatic nitrogens is 3. The van der Waals surface area contributed by atoms with E-state index in [4.69, 9.17) is 19.4 Å². The molecular weight excluding hydrogens is 633 g/mol. The largest absolute Gasteiger partial charge is 0.467 e. The van der Waals surface area contributed by atoms with Gasteiger partial charge in [0.25, 0.3) is 0 Å². The Bertz CT molecular complexity index is 1910. The Labute approximate surface area is 282 Å².